The van der Waals surface area contributed by atoms with E-state index in [1.807, 2.05) is 6.92 Å². The second-order valence-corrected chi connectivity index (χ2v) is 7.31. The van der Waals surface area contributed by atoms with E-state index in [0.29, 0.717) is 40.0 Å². The number of ether oxygens (including phenoxy) is 3. The SMILES string of the molecule is CCCOc1ccc(C(=O)Oc2ccc(/C=N\NC(=O)COc3cccc(Cl)c3)cc2)cc1. The summed E-state index contributed by atoms with van der Waals surface area (Å²) in [4.78, 5) is 24.1. The lowest BCUT2D eigenvalue weighted by Gasteiger charge is -2.07. The van der Waals surface area contributed by atoms with E-state index in [1.54, 1.807) is 72.8 Å². The number of esters is 1. The van der Waals surface area contributed by atoms with Gasteiger partial charge in [-0.1, -0.05) is 24.6 Å². The smallest absolute Gasteiger partial charge is 0.343 e. The van der Waals surface area contributed by atoms with E-state index in [0.717, 1.165) is 6.42 Å². The van der Waals surface area contributed by atoms with E-state index in [4.69, 9.17) is 25.8 Å². The summed E-state index contributed by atoms with van der Waals surface area (Å²) < 4.78 is 16.2. The molecule has 0 heterocycles. The van der Waals surface area contributed by atoms with Crippen LogP contribution in [0.5, 0.6) is 17.2 Å². The third kappa shape index (κ3) is 7.97. The van der Waals surface area contributed by atoms with Gasteiger partial charge in [-0.3, -0.25) is 4.79 Å². The van der Waals surface area contributed by atoms with Gasteiger partial charge in [0.2, 0.25) is 0 Å². The van der Waals surface area contributed by atoms with Crippen LogP contribution in [-0.2, 0) is 4.79 Å². The largest absolute Gasteiger partial charge is 0.494 e. The van der Waals surface area contributed by atoms with Gasteiger partial charge in [0.15, 0.2) is 6.61 Å². The van der Waals surface area contributed by atoms with Crippen molar-refractivity contribution in [3.63, 3.8) is 0 Å². The molecule has 0 aliphatic rings. The highest BCUT2D eigenvalue weighted by Gasteiger charge is 2.09. The fraction of sp³-hybridized carbons (Fsp3) is 0.160. The number of benzene rings is 3. The van der Waals surface area contributed by atoms with E-state index in [2.05, 4.69) is 10.5 Å². The van der Waals surface area contributed by atoms with Crippen molar-refractivity contribution in [2.45, 2.75) is 13.3 Å². The molecule has 7 nitrogen and oxygen atoms in total. The summed E-state index contributed by atoms with van der Waals surface area (Å²) in [6.45, 7) is 2.45. The second kappa shape index (κ2) is 12.3. The fourth-order valence-corrected chi connectivity index (χ4v) is 2.79. The first-order chi connectivity index (χ1) is 16.0. The van der Waals surface area contributed by atoms with E-state index < -0.39 is 11.9 Å². The molecule has 0 spiro atoms. The van der Waals surface area contributed by atoms with Gasteiger partial charge in [-0.15, -0.1) is 0 Å². The maximum absolute atomic E-state index is 12.3. The van der Waals surface area contributed by atoms with Crippen LogP contribution < -0.4 is 19.6 Å². The average Bonchev–Trinajstić information content (AvgIpc) is 2.83. The number of carbonyl (C=O) groups excluding carboxylic acids is 2. The highest BCUT2D eigenvalue weighted by molar-refractivity contribution is 6.30. The van der Waals surface area contributed by atoms with Gasteiger partial charge in [0.25, 0.3) is 5.91 Å². The molecule has 0 bridgehead atoms. The van der Waals surface area contributed by atoms with Crippen LogP contribution in [-0.4, -0.2) is 31.3 Å². The van der Waals surface area contributed by atoms with Crippen molar-refractivity contribution in [1.29, 1.82) is 0 Å². The number of rotatable bonds is 10. The third-order valence-corrected chi connectivity index (χ3v) is 4.46. The van der Waals surface area contributed by atoms with Gasteiger partial charge < -0.3 is 14.2 Å². The Kier molecular flexibility index (Phi) is 8.85. The van der Waals surface area contributed by atoms with Crippen LogP contribution in [0.15, 0.2) is 77.9 Å². The van der Waals surface area contributed by atoms with Crippen LogP contribution in [0.1, 0.15) is 29.3 Å². The van der Waals surface area contributed by atoms with Gasteiger partial charge in [-0.25, -0.2) is 10.2 Å². The number of carbonyl (C=O) groups is 2. The van der Waals surface area contributed by atoms with Crippen LogP contribution in [0, 0.1) is 0 Å². The van der Waals surface area contributed by atoms with Crippen LogP contribution >= 0.6 is 11.6 Å². The van der Waals surface area contributed by atoms with Gasteiger partial charge in [0.1, 0.15) is 17.2 Å². The molecule has 33 heavy (non-hydrogen) atoms. The number of hydrogen-bond acceptors (Lipinski definition) is 6. The molecule has 0 aromatic heterocycles. The van der Waals surface area contributed by atoms with Crippen molar-refractivity contribution in [3.8, 4) is 17.2 Å². The number of hydrazone groups is 1. The molecule has 170 valence electrons. The highest BCUT2D eigenvalue weighted by atomic mass is 35.5. The van der Waals surface area contributed by atoms with Gasteiger partial charge >= 0.3 is 5.97 Å². The fourth-order valence-electron chi connectivity index (χ4n) is 2.61. The number of amides is 1. The first-order valence-corrected chi connectivity index (χ1v) is 10.7. The molecule has 3 aromatic rings. The van der Waals surface area contributed by atoms with Gasteiger partial charge in [0.05, 0.1) is 18.4 Å². The molecule has 0 saturated heterocycles. The molecule has 1 N–H and O–H groups in total. The Morgan fingerprint density at radius 2 is 1.67 bits per heavy atom. The summed E-state index contributed by atoms with van der Waals surface area (Å²) >= 11 is 5.87. The molecule has 1 amide bonds. The van der Waals surface area contributed by atoms with E-state index >= 15 is 0 Å². The standard InChI is InChI=1S/C25H23ClN2O5/c1-2-14-31-21-12-8-19(9-13-21)25(30)33-22-10-6-18(7-11-22)16-27-28-24(29)17-32-23-5-3-4-20(26)15-23/h3-13,15-16H,2,14,17H2,1H3,(H,28,29)/b27-16-. The molecule has 3 aromatic carbocycles. The molecule has 0 unspecified atom stereocenters. The Bertz CT molecular complexity index is 1100. The zero-order chi connectivity index (χ0) is 23.5. The zero-order valence-electron chi connectivity index (χ0n) is 18.0. The Morgan fingerprint density at radius 3 is 2.36 bits per heavy atom. The topological polar surface area (TPSA) is 86.2 Å². The molecule has 0 aliphatic heterocycles. The van der Waals surface area contributed by atoms with Crippen molar-refractivity contribution in [3.05, 3.63) is 88.9 Å². The summed E-state index contributed by atoms with van der Waals surface area (Å²) in [5.41, 5.74) is 3.51. The summed E-state index contributed by atoms with van der Waals surface area (Å²) in [5, 5.41) is 4.41. The van der Waals surface area contributed by atoms with Gasteiger partial charge in [-0.2, -0.15) is 5.10 Å². The van der Waals surface area contributed by atoms with E-state index in [1.165, 1.54) is 6.21 Å². The first kappa shape index (κ1) is 23.8. The van der Waals surface area contributed by atoms with Crippen molar-refractivity contribution >= 4 is 29.7 Å². The molecule has 3 rings (SSSR count). The van der Waals surface area contributed by atoms with Crippen molar-refractivity contribution < 1.29 is 23.8 Å². The minimum Gasteiger partial charge on any atom is -0.494 e. The quantitative estimate of drug-likeness (QED) is 0.199. The molecule has 0 atom stereocenters. The summed E-state index contributed by atoms with van der Waals surface area (Å²) in [7, 11) is 0. The maximum Gasteiger partial charge on any atom is 0.343 e. The molecule has 0 fully saturated rings. The summed E-state index contributed by atoms with van der Waals surface area (Å²) in [6, 6.07) is 20.3. The predicted octanol–water partition coefficient (Wildman–Crippen LogP) is 4.88. The van der Waals surface area contributed by atoms with Crippen LogP contribution in [0.3, 0.4) is 0 Å². The van der Waals surface area contributed by atoms with Crippen LogP contribution in [0.25, 0.3) is 0 Å². The summed E-state index contributed by atoms with van der Waals surface area (Å²) in [6.07, 6.45) is 2.38. The number of nitrogens with zero attached hydrogens (tertiary/aromatic N) is 1. The molecule has 0 aliphatic carbocycles. The molecule has 8 heteroatoms. The maximum atomic E-state index is 12.3. The Morgan fingerprint density at radius 1 is 0.939 bits per heavy atom. The van der Waals surface area contributed by atoms with Crippen molar-refractivity contribution in [1.82, 2.24) is 5.43 Å². The Balaban J connectivity index is 1.45. The Labute approximate surface area is 196 Å². The van der Waals surface area contributed by atoms with Gasteiger partial charge in [0, 0.05) is 5.02 Å². The highest BCUT2D eigenvalue weighted by Crippen LogP contribution is 2.18. The molecule has 0 radical (unpaired) electrons. The number of hydrogen-bond donors (Lipinski definition) is 1. The van der Waals surface area contributed by atoms with Crippen molar-refractivity contribution in [2.75, 3.05) is 13.2 Å². The molecular formula is C25H23ClN2O5. The minimum atomic E-state index is -0.467. The number of nitrogens with one attached hydrogen (secondary N) is 1. The van der Waals surface area contributed by atoms with Crippen molar-refractivity contribution in [2.24, 2.45) is 5.10 Å². The van der Waals surface area contributed by atoms with Crippen LogP contribution in [0.4, 0.5) is 0 Å². The zero-order valence-corrected chi connectivity index (χ0v) is 18.7. The van der Waals surface area contributed by atoms with Crippen LogP contribution in [0.2, 0.25) is 5.02 Å². The second-order valence-electron chi connectivity index (χ2n) is 6.87. The monoisotopic (exact) mass is 466 g/mol. The predicted molar refractivity (Wildman–Crippen MR) is 126 cm³/mol. The number of halogens is 1. The lowest BCUT2D eigenvalue weighted by atomic mass is 10.2. The normalized spacial score (nSPS) is 10.6. The lowest BCUT2D eigenvalue weighted by Crippen LogP contribution is -2.24. The van der Waals surface area contributed by atoms with Gasteiger partial charge in [-0.05, 0) is 78.7 Å². The lowest BCUT2D eigenvalue weighted by molar-refractivity contribution is -0.123. The molecular weight excluding hydrogens is 444 g/mol. The molecule has 0 saturated carbocycles. The average molecular weight is 467 g/mol. The minimum absolute atomic E-state index is 0.196. The summed E-state index contributed by atoms with van der Waals surface area (Å²) in [5.74, 6) is 0.712. The third-order valence-electron chi connectivity index (χ3n) is 4.22. The van der Waals surface area contributed by atoms with E-state index in [9.17, 15) is 9.59 Å². The van der Waals surface area contributed by atoms with E-state index in [-0.39, 0.29) is 6.61 Å². The first-order valence-electron chi connectivity index (χ1n) is 10.3. The Hall–Kier alpha value is -3.84.